The molecule has 3 rings (SSSR count). The first-order chi connectivity index (χ1) is 7.90. The van der Waals surface area contributed by atoms with Gasteiger partial charge in [-0.1, -0.05) is 0 Å². The fourth-order valence-electron chi connectivity index (χ4n) is 1.71. The lowest BCUT2D eigenvalue weighted by molar-refractivity contribution is 0.115. The molecule has 0 spiro atoms. The maximum atomic E-state index is 5.55. The Kier molecular flexibility index (Phi) is 2.80. The van der Waals surface area contributed by atoms with Gasteiger partial charge in [-0.3, -0.25) is 0 Å². The highest BCUT2D eigenvalue weighted by atomic mass is 16.6. The molecule has 1 aliphatic heterocycles. The van der Waals surface area contributed by atoms with Crippen LogP contribution in [0.3, 0.4) is 0 Å². The van der Waals surface area contributed by atoms with Gasteiger partial charge < -0.3 is 19.2 Å². The SMILES string of the molecule is c1oc(OC2CCOC2)nc1CNC1CC1. The predicted molar refractivity (Wildman–Crippen MR) is 56.2 cm³/mol. The summed E-state index contributed by atoms with van der Waals surface area (Å²) < 4.78 is 16.0. The number of aromatic nitrogens is 1. The summed E-state index contributed by atoms with van der Waals surface area (Å²) >= 11 is 0. The highest BCUT2D eigenvalue weighted by molar-refractivity contribution is 5.01. The molecule has 2 fully saturated rings. The maximum absolute atomic E-state index is 5.55. The Morgan fingerprint density at radius 1 is 1.44 bits per heavy atom. The van der Waals surface area contributed by atoms with Gasteiger partial charge in [-0.15, -0.1) is 0 Å². The first-order valence-electron chi connectivity index (χ1n) is 5.82. The second-order valence-electron chi connectivity index (χ2n) is 4.36. The summed E-state index contributed by atoms with van der Waals surface area (Å²) in [6.45, 7) is 2.16. The van der Waals surface area contributed by atoms with E-state index in [4.69, 9.17) is 13.9 Å². The van der Waals surface area contributed by atoms with Crippen molar-refractivity contribution in [3.05, 3.63) is 12.0 Å². The molecule has 1 saturated carbocycles. The van der Waals surface area contributed by atoms with E-state index in [1.165, 1.54) is 12.8 Å². The lowest BCUT2D eigenvalue weighted by Crippen LogP contribution is -2.17. The third-order valence-electron chi connectivity index (χ3n) is 2.84. The smallest absolute Gasteiger partial charge is 0.394 e. The van der Waals surface area contributed by atoms with Crippen molar-refractivity contribution in [3.63, 3.8) is 0 Å². The average molecular weight is 224 g/mol. The molecule has 5 nitrogen and oxygen atoms in total. The zero-order valence-corrected chi connectivity index (χ0v) is 9.15. The fraction of sp³-hybridized carbons (Fsp3) is 0.727. The van der Waals surface area contributed by atoms with Gasteiger partial charge in [-0.25, -0.2) is 0 Å². The number of ether oxygens (including phenoxy) is 2. The van der Waals surface area contributed by atoms with Crippen molar-refractivity contribution in [2.75, 3.05) is 13.2 Å². The van der Waals surface area contributed by atoms with Gasteiger partial charge in [0, 0.05) is 19.0 Å². The summed E-state index contributed by atoms with van der Waals surface area (Å²) in [5.74, 6) is 0. The van der Waals surface area contributed by atoms with Gasteiger partial charge in [0.2, 0.25) is 0 Å². The van der Waals surface area contributed by atoms with Crippen molar-refractivity contribution in [1.82, 2.24) is 10.3 Å². The molecule has 88 valence electrons. The largest absolute Gasteiger partial charge is 0.444 e. The van der Waals surface area contributed by atoms with Gasteiger partial charge in [-0.05, 0) is 12.8 Å². The van der Waals surface area contributed by atoms with Crippen LogP contribution in [0.2, 0.25) is 0 Å². The van der Waals surface area contributed by atoms with E-state index in [1.54, 1.807) is 6.26 Å². The molecule has 2 aliphatic rings. The minimum atomic E-state index is 0.0999. The van der Waals surface area contributed by atoms with E-state index in [-0.39, 0.29) is 6.10 Å². The third kappa shape index (κ3) is 2.54. The molecule has 16 heavy (non-hydrogen) atoms. The molecule has 0 aromatic carbocycles. The van der Waals surface area contributed by atoms with Crippen LogP contribution >= 0.6 is 0 Å². The molecule has 1 aromatic rings. The number of nitrogens with zero attached hydrogens (tertiary/aromatic N) is 1. The van der Waals surface area contributed by atoms with E-state index < -0.39 is 0 Å². The minimum Gasteiger partial charge on any atom is -0.444 e. The number of hydrogen-bond donors (Lipinski definition) is 1. The fourth-order valence-corrected chi connectivity index (χ4v) is 1.71. The van der Waals surface area contributed by atoms with Gasteiger partial charge in [-0.2, -0.15) is 4.98 Å². The first kappa shape index (κ1) is 10.1. The molecule has 1 atom stereocenters. The molecule has 5 heteroatoms. The van der Waals surface area contributed by atoms with Gasteiger partial charge in [0.1, 0.15) is 12.4 Å². The zero-order chi connectivity index (χ0) is 10.8. The Balaban J connectivity index is 1.50. The highest BCUT2D eigenvalue weighted by Gasteiger charge is 2.22. The molecule has 1 saturated heterocycles. The second kappa shape index (κ2) is 4.43. The van der Waals surface area contributed by atoms with E-state index in [0.717, 1.165) is 25.3 Å². The van der Waals surface area contributed by atoms with Gasteiger partial charge >= 0.3 is 6.08 Å². The molecule has 1 N–H and O–H groups in total. The van der Waals surface area contributed by atoms with Crippen LogP contribution in [0.4, 0.5) is 0 Å². The van der Waals surface area contributed by atoms with Crippen molar-refractivity contribution in [3.8, 4) is 6.08 Å². The van der Waals surface area contributed by atoms with Gasteiger partial charge in [0.15, 0.2) is 0 Å². The summed E-state index contributed by atoms with van der Waals surface area (Å²) in [5.41, 5.74) is 0.904. The lowest BCUT2D eigenvalue weighted by Gasteiger charge is -2.05. The first-order valence-corrected chi connectivity index (χ1v) is 5.82. The number of oxazole rings is 1. The number of rotatable bonds is 5. The monoisotopic (exact) mass is 224 g/mol. The average Bonchev–Trinajstić information content (AvgIpc) is 2.78. The predicted octanol–water partition coefficient (Wildman–Crippen LogP) is 1.09. The van der Waals surface area contributed by atoms with Crippen molar-refractivity contribution in [2.45, 2.75) is 38.0 Å². The van der Waals surface area contributed by atoms with Crippen molar-refractivity contribution >= 4 is 0 Å². The Labute approximate surface area is 94.1 Å². The Hall–Kier alpha value is -1.07. The summed E-state index contributed by atoms with van der Waals surface area (Å²) in [6, 6.07) is 0.685. The minimum absolute atomic E-state index is 0.0999. The molecule has 0 radical (unpaired) electrons. The van der Waals surface area contributed by atoms with Crippen molar-refractivity contribution < 1.29 is 13.9 Å². The standard InChI is InChI=1S/C11H16N2O3/c1-2-8(1)12-5-9-6-15-11(13-9)16-10-3-4-14-7-10/h6,8,10,12H,1-5,7H2. The Morgan fingerprint density at radius 3 is 3.12 bits per heavy atom. The van der Waals surface area contributed by atoms with Crippen LogP contribution in [0.25, 0.3) is 0 Å². The van der Waals surface area contributed by atoms with E-state index in [9.17, 15) is 0 Å². The molecular formula is C11H16N2O3. The molecule has 1 aliphatic carbocycles. The highest BCUT2D eigenvalue weighted by Crippen LogP contribution is 2.20. The lowest BCUT2D eigenvalue weighted by atomic mass is 10.3. The number of hydrogen-bond acceptors (Lipinski definition) is 5. The summed E-state index contributed by atoms with van der Waals surface area (Å²) in [7, 11) is 0. The quantitative estimate of drug-likeness (QED) is 0.811. The van der Waals surface area contributed by atoms with Gasteiger partial charge in [0.05, 0.1) is 18.9 Å². The second-order valence-corrected chi connectivity index (χ2v) is 4.36. The van der Waals surface area contributed by atoms with E-state index in [1.807, 2.05) is 0 Å². The van der Waals surface area contributed by atoms with Crippen molar-refractivity contribution in [2.24, 2.45) is 0 Å². The van der Waals surface area contributed by atoms with Crippen LogP contribution in [-0.2, 0) is 11.3 Å². The molecule has 0 amide bonds. The normalized spacial score (nSPS) is 24.9. The molecule has 1 aromatic heterocycles. The summed E-state index contributed by atoms with van der Waals surface area (Å²) in [5, 5.41) is 3.38. The van der Waals surface area contributed by atoms with E-state index >= 15 is 0 Å². The van der Waals surface area contributed by atoms with Crippen LogP contribution in [0.1, 0.15) is 25.0 Å². The topological polar surface area (TPSA) is 56.5 Å². The zero-order valence-electron chi connectivity index (χ0n) is 9.15. The van der Waals surface area contributed by atoms with Gasteiger partial charge in [0.25, 0.3) is 0 Å². The molecular weight excluding hydrogens is 208 g/mol. The summed E-state index contributed by atoms with van der Waals surface area (Å²) in [6.07, 6.45) is 5.59. The maximum Gasteiger partial charge on any atom is 0.394 e. The molecule has 0 bridgehead atoms. The third-order valence-corrected chi connectivity index (χ3v) is 2.84. The van der Waals surface area contributed by atoms with Crippen LogP contribution in [0, 0.1) is 0 Å². The number of nitrogens with one attached hydrogen (secondary N) is 1. The van der Waals surface area contributed by atoms with E-state index in [2.05, 4.69) is 10.3 Å². The van der Waals surface area contributed by atoms with Crippen LogP contribution in [0.5, 0.6) is 6.08 Å². The molecule has 2 heterocycles. The van der Waals surface area contributed by atoms with Crippen LogP contribution < -0.4 is 10.1 Å². The van der Waals surface area contributed by atoms with Crippen molar-refractivity contribution in [1.29, 1.82) is 0 Å². The molecule has 1 unspecified atom stereocenters. The van der Waals surface area contributed by atoms with E-state index in [0.29, 0.717) is 18.7 Å². The summed E-state index contributed by atoms with van der Waals surface area (Å²) in [4.78, 5) is 4.27. The van der Waals surface area contributed by atoms with Crippen LogP contribution in [0.15, 0.2) is 10.7 Å². The Morgan fingerprint density at radius 2 is 2.38 bits per heavy atom. The Bertz CT molecular complexity index is 343. The van der Waals surface area contributed by atoms with Crippen LogP contribution in [-0.4, -0.2) is 30.3 Å².